The van der Waals surface area contributed by atoms with Gasteiger partial charge in [0, 0.05) is 55.7 Å². The monoisotopic (exact) mass is 1030 g/mol. The summed E-state index contributed by atoms with van der Waals surface area (Å²) in [5, 5.41) is 7.72. The van der Waals surface area contributed by atoms with Gasteiger partial charge in [-0.15, -0.1) is 0 Å². The minimum atomic E-state index is -0.0632. The molecule has 0 bridgehead atoms. The van der Waals surface area contributed by atoms with Gasteiger partial charge in [-0.3, -0.25) is 0 Å². The number of anilines is 6. The molecular formula is C76H66B2N2. The molecule has 80 heavy (non-hydrogen) atoms. The highest BCUT2D eigenvalue weighted by Gasteiger charge is 2.44. The number of para-hydroxylation sites is 4. The van der Waals surface area contributed by atoms with Crippen LogP contribution in [0, 0.1) is 83.1 Å². The molecule has 12 aromatic carbocycles. The number of nitrogens with zero attached hydrogens (tertiary/aromatic N) is 2. The van der Waals surface area contributed by atoms with Crippen LogP contribution in [0.3, 0.4) is 0 Å². The Labute approximate surface area is 473 Å². The Morgan fingerprint density at radius 2 is 0.550 bits per heavy atom. The maximum Gasteiger partial charge on any atom is 0.248 e. The second-order valence-electron chi connectivity index (χ2n) is 23.8. The fourth-order valence-corrected chi connectivity index (χ4v) is 15.9. The van der Waals surface area contributed by atoms with Crippen LogP contribution < -0.4 is 42.6 Å². The van der Waals surface area contributed by atoms with E-state index in [4.69, 9.17) is 0 Å². The Morgan fingerprint density at radius 1 is 0.263 bits per heavy atom. The predicted octanol–water partition coefficient (Wildman–Crippen LogP) is 16.2. The summed E-state index contributed by atoms with van der Waals surface area (Å²) in [5.74, 6) is 0. The Kier molecular flexibility index (Phi) is 11.5. The first-order valence-electron chi connectivity index (χ1n) is 28.7. The minimum absolute atomic E-state index is 0.0632. The van der Waals surface area contributed by atoms with Crippen molar-refractivity contribution in [2.24, 2.45) is 0 Å². The van der Waals surface area contributed by atoms with E-state index in [1.807, 2.05) is 0 Å². The number of hydrogen-bond donors (Lipinski definition) is 0. The van der Waals surface area contributed by atoms with Gasteiger partial charge in [-0.1, -0.05) is 201 Å². The third-order valence-electron chi connectivity index (χ3n) is 18.2. The lowest BCUT2D eigenvalue weighted by atomic mass is 9.32. The molecule has 0 amide bonds. The van der Waals surface area contributed by atoms with Crippen LogP contribution in [0.5, 0.6) is 0 Å². The molecule has 0 saturated heterocycles. The largest absolute Gasteiger partial charge is 0.311 e. The summed E-state index contributed by atoms with van der Waals surface area (Å²) in [6, 6.07) is 70.4. The Bertz CT molecular complexity index is 4190. The van der Waals surface area contributed by atoms with Crippen LogP contribution in [0.2, 0.25) is 0 Å². The fraction of sp³-hybridized carbons (Fsp3) is 0.158. The summed E-state index contributed by atoms with van der Waals surface area (Å²) < 4.78 is 0. The number of hydrogen-bond acceptors (Lipinski definition) is 2. The van der Waals surface area contributed by atoms with E-state index in [0.717, 1.165) is 11.4 Å². The van der Waals surface area contributed by atoms with Gasteiger partial charge in [-0.05, 0) is 197 Å². The van der Waals surface area contributed by atoms with Crippen LogP contribution >= 0.6 is 0 Å². The zero-order valence-corrected chi connectivity index (χ0v) is 48.4. The van der Waals surface area contributed by atoms with Gasteiger partial charge in [-0.2, -0.15) is 0 Å². The topological polar surface area (TPSA) is 6.48 Å². The standard InChI is InChI=1S/C76H66B2N2/c1-43-35-47(5)65(48(6)36-43)69-57-31-33-60-68-58(32-34-59(67(57)68)75-73(69)77(71-51(9)39-45(3)40-52(71)10)61-27-19-21-29-63(61)79(75)55-23-15-13-16-24-55)70(66-49(7)37-44(2)38-50(66)8)74-76(60)80(56-25-17-14-18-26-56)64-30-22-20-28-62(64)78(74)72-53(11)41-46(4)42-54(72)12/h13-42H,1-12H3. The molecule has 4 heteroatoms. The molecule has 2 aliphatic heterocycles. The predicted molar refractivity (Wildman–Crippen MR) is 349 cm³/mol. The van der Waals surface area contributed by atoms with E-state index >= 15 is 0 Å². The highest BCUT2D eigenvalue weighted by molar-refractivity contribution is 7.00. The van der Waals surface area contributed by atoms with Gasteiger partial charge in [0.2, 0.25) is 13.4 Å². The molecule has 0 atom stereocenters. The lowest BCUT2D eigenvalue weighted by Gasteiger charge is -2.42. The van der Waals surface area contributed by atoms with Gasteiger partial charge in [0.25, 0.3) is 0 Å². The lowest BCUT2D eigenvalue weighted by molar-refractivity contribution is 1.29. The maximum absolute atomic E-state index is 2.63. The van der Waals surface area contributed by atoms with Crippen molar-refractivity contribution < 1.29 is 0 Å². The second kappa shape index (κ2) is 18.5. The highest BCUT2D eigenvalue weighted by atomic mass is 15.2. The van der Waals surface area contributed by atoms with E-state index in [0.29, 0.717) is 0 Å². The molecule has 14 rings (SSSR count). The van der Waals surface area contributed by atoms with Crippen LogP contribution in [0.4, 0.5) is 34.1 Å². The van der Waals surface area contributed by atoms with E-state index in [-0.39, 0.29) is 13.4 Å². The fourth-order valence-electron chi connectivity index (χ4n) is 15.9. The van der Waals surface area contributed by atoms with Crippen molar-refractivity contribution in [3.8, 4) is 22.3 Å². The van der Waals surface area contributed by atoms with Gasteiger partial charge in [0.1, 0.15) is 0 Å². The lowest BCUT2D eigenvalue weighted by Crippen LogP contribution is -2.59. The molecule has 2 nitrogen and oxygen atoms in total. The smallest absolute Gasteiger partial charge is 0.248 e. The molecule has 2 aliphatic rings. The first kappa shape index (κ1) is 49.7. The molecule has 0 aliphatic carbocycles. The van der Waals surface area contributed by atoms with Crippen molar-refractivity contribution in [3.05, 3.63) is 249 Å². The van der Waals surface area contributed by atoms with Gasteiger partial charge in [0.15, 0.2) is 0 Å². The van der Waals surface area contributed by atoms with Crippen molar-refractivity contribution in [1.29, 1.82) is 0 Å². The third-order valence-corrected chi connectivity index (χ3v) is 18.2. The van der Waals surface area contributed by atoms with Crippen LogP contribution in [0.15, 0.2) is 182 Å². The van der Waals surface area contributed by atoms with Gasteiger partial charge in [-0.25, -0.2) is 0 Å². The molecule has 12 aromatic rings. The first-order chi connectivity index (χ1) is 38.7. The molecular weight excluding hydrogens is 962 g/mol. The van der Waals surface area contributed by atoms with Crippen LogP contribution in [0.1, 0.15) is 66.8 Å². The van der Waals surface area contributed by atoms with Gasteiger partial charge >= 0.3 is 0 Å². The van der Waals surface area contributed by atoms with E-state index in [9.17, 15) is 0 Å². The van der Waals surface area contributed by atoms with Crippen LogP contribution in [-0.4, -0.2) is 13.4 Å². The van der Waals surface area contributed by atoms with Crippen LogP contribution in [-0.2, 0) is 0 Å². The third kappa shape index (κ3) is 7.27. The van der Waals surface area contributed by atoms with Crippen molar-refractivity contribution >= 4 is 113 Å². The zero-order chi connectivity index (χ0) is 55.2. The summed E-state index contributed by atoms with van der Waals surface area (Å²) >= 11 is 0. The normalized spacial score (nSPS) is 12.9. The molecule has 0 fully saturated rings. The maximum atomic E-state index is 2.63. The average molecular weight is 1030 g/mol. The molecule has 0 aromatic heterocycles. The molecule has 0 unspecified atom stereocenters. The number of rotatable bonds is 6. The zero-order valence-electron chi connectivity index (χ0n) is 48.4. The summed E-state index contributed by atoms with van der Waals surface area (Å²) in [5.41, 5.74) is 36.3. The summed E-state index contributed by atoms with van der Waals surface area (Å²) in [7, 11) is 0. The molecule has 0 radical (unpaired) electrons. The Hall–Kier alpha value is -8.59. The summed E-state index contributed by atoms with van der Waals surface area (Å²) in [4.78, 5) is 5.26. The van der Waals surface area contributed by atoms with E-state index in [1.165, 1.54) is 177 Å². The molecule has 0 N–H and O–H groups in total. The Morgan fingerprint density at radius 3 is 0.887 bits per heavy atom. The molecule has 0 saturated carbocycles. The first-order valence-corrected chi connectivity index (χ1v) is 28.7. The molecule has 386 valence electrons. The number of fused-ring (bicyclic) bond motifs is 6. The average Bonchev–Trinajstić information content (AvgIpc) is 3.61. The number of aryl methyl sites for hydroxylation is 12. The van der Waals surface area contributed by atoms with Crippen molar-refractivity contribution in [2.75, 3.05) is 9.80 Å². The number of benzene rings is 12. The SMILES string of the molecule is Cc1cc(C)c(B2c3ccccc3N(c3ccccc3)c3c2c(-c2c(C)cc(C)cc2C)c2ccc4c5c(c(-c6c(C)cc(C)cc6C)c6ccc3c2c64)B(c2c(C)cc(C)cc2C)c2ccccc2N5c2ccccc2)c(C)c1. The summed E-state index contributed by atoms with van der Waals surface area (Å²) in [6.45, 7) is 27.7. The van der Waals surface area contributed by atoms with Crippen molar-refractivity contribution in [1.82, 2.24) is 0 Å². The van der Waals surface area contributed by atoms with E-state index in [1.54, 1.807) is 0 Å². The quantitative estimate of drug-likeness (QED) is 0.121. The summed E-state index contributed by atoms with van der Waals surface area (Å²) in [6.07, 6.45) is 0. The van der Waals surface area contributed by atoms with Gasteiger partial charge < -0.3 is 9.80 Å². The Balaban J connectivity index is 1.27. The minimum Gasteiger partial charge on any atom is -0.311 e. The van der Waals surface area contributed by atoms with Crippen molar-refractivity contribution in [3.63, 3.8) is 0 Å². The van der Waals surface area contributed by atoms with Crippen LogP contribution in [0.25, 0.3) is 54.6 Å². The van der Waals surface area contributed by atoms with Crippen molar-refractivity contribution in [2.45, 2.75) is 83.1 Å². The highest BCUT2D eigenvalue weighted by Crippen LogP contribution is 2.54. The van der Waals surface area contributed by atoms with Gasteiger partial charge in [0.05, 0.1) is 0 Å². The molecule has 2 heterocycles. The van der Waals surface area contributed by atoms with E-state index < -0.39 is 0 Å². The molecule has 0 spiro atoms. The van der Waals surface area contributed by atoms with E-state index in [2.05, 4.69) is 275 Å². The second-order valence-corrected chi connectivity index (χ2v) is 23.8.